The van der Waals surface area contributed by atoms with E-state index < -0.39 is 6.04 Å². The molecule has 10 aromatic rings. The third kappa shape index (κ3) is 4.40. The Kier molecular flexibility index (Phi) is 5.20. The molecule has 0 N–H and O–H groups in total. The summed E-state index contributed by atoms with van der Waals surface area (Å²) in [6.45, 7) is 0. The molecule has 0 spiro atoms. The van der Waals surface area contributed by atoms with Crippen LogP contribution in [0.5, 0.6) is 0 Å². The van der Waals surface area contributed by atoms with Gasteiger partial charge in [0.25, 0.3) is 0 Å². The number of fused-ring (bicyclic) bond motifs is 7. The molecule has 0 amide bonds. The number of furan rings is 1. The maximum atomic E-state index is 8.38. The summed E-state index contributed by atoms with van der Waals surface area (Å²) in [7, 11) is 0. The second kappa shape index (κ2) is 11.1. The summed E-state index contributed by atoms with van der Waals surface area (Å²) in [4.78, 5) is 0. The van der Waals surface area contributed by atoms with Crippen molar-refractivity contribution in [2.45, 2.75) is 0 Å². The maximum absolute atomic E-state index is 8.38. The fraction of sp³-hybridized carbons (Fsp3) is 0. The average molecular weight is 628 g/mol. The van der Waals surface area contributed by atoms with E-state index in [2.05, 4.69) is 127 Å². The molecular weight excluding hydrogens is 593 g/mol. The molecule has 0 saturated heterocycles. The normalized spacial score (nSPS) is 13.1. The van der Waals surface area contributed by atoms with Gasteiger partial charge in [-0.2, -0.15) is 0 Å². The van der Waals surface area contributed by atoms with Crippen molar-refractivity contribution in [3.63, 3.8) is 0 Å². The van der Waals surface area contributed by atoms with E-state index in [4.69, 9.17) is 11.3 Å². The maximum Gasteiger partial charge on any atom is 0.143 e. The van der Waals surface area contributed by atoms with E-state index in [-0.39, 0.29) is 29.7 Å². The Bertz CT molecular complexity index is 3060. The van der Waals surface area contributed by atoms with Gasteiger partial charge in [-0.3, -0.25) is 0 Å². The molecule has 0 bridgehead atoms. The fourth-order valence-electron chi connectivity index (χ4n) is 7.54. The first-order valence-corrected chi connectivity index (χ1v) is 16.4. The van der Waals surface area contributed by atoms with E-state index in [9.17, 15) is 0 Å². The molecule has 49 heavy (non-hydrogen) atoms. The molecule has 0 saturated carbocycles. The van der Waals surface area contributed by atoms with E-state index in [1.807, 2.05) is 24.3 Å². The molecule has 0 aliphatic carbocycles. The number of rotatable bonds is 4. The van der Waals surface area contributed by atoms with Crippen LogP contribution in [0.1, 0.15) is 6.85 Å². The van der Waals surface area contributed by atoms with E-state index >= 15 is 0 Å². The molecule has 0 atom stereocenters. The summed E-state index contributed by atoms with van der Waals surface area (Å²) in [5.74, 6) is 0. The van der Waals surface area contributed by atoms with E-state index in [1.54, 1.807) is 0 Å². The summed E-state index contributed by atoms with van der Waals surface area (Å²) in [5, 5.41) is 9.14. The zero-order chi connectivity index (χ0) is 36.7. The van der Waals surface area contributed by atoms with Gasteiger partial charge in [0, 0.05) is 16.2 Å². The molecule has 228 valence electrons. The van der Waals surface area contributed by atoms with Crippen molar-refractivity contribution in [2.24, 2.45) is 0 Å². The van der Waals surface area contributed by atoms with Crippen LogP contribution in [0.25, 0.3) is 98.8 Å². The lowest BCUT2D eigenvalue weighted by Gasteiger charge is -2.18. The van der Waals surface area contributed by atoms with Gasteiger partial charge in [0.05, 0.1) is 6.85 Å². The summed E-state index contributed by atoms with van der Waals surface area (Å²) in [6.07, 6.45) is 0. The van der Waals surface area contributed by atoms with Crippen LogP contribution in [0.3, 0.4) is 0 Å². The van der Waals surface area contributed by atoms with Crippen LogP contribution in [-0.4, -0.2) is 0 Å². The van der Waals surface area contributed by atoms with E-state index in [1.165, 1.54) is 21.9 Å². The van der Waals surface area contributed by atoms with Crippen LogP contribution in [0.4, 0.5) is 0 Å². The number of benzene rings is 9. The predicted molar refractivity (Wildman–Crippen MR) is 208 cm³/mol. The molecule has 0 aliphatic heterocycles. The lowest BCUT2D eigenvalue weighted by Crippen LogP contribution is -1.91. The third-order valence-electron chi connectivity index (χ3n) is 9.77. The van der Waals surface area contributed by atoms with Gasteiger partial charge in [-0.1, -0.05) is 170 Å². The van der Waals surface area contributed by atoms with Crippen molar-refractivity contribution < 1.29 is 11.3 Å². The molecule has 9 aromatic carbocycles. The summed E-state index contributed by atoms with van der Waals surface area (Å²) in [5.41, 5.74) is 9.14. The van der Waals surface area contributed by atoms with Crippen LogP contribution >= 0.6 is 0 Å². The van der Waals surface area contributed by atoms with Crippen LogP contribution in [0.15, 0.2) is 186 Å². The Morgan fingerprint density at radius 1 is 0.367 bits per heavy atom. The van der Waals surface area contributed by atoms with Gasteiger partial charge in [0.2, 0.25) is 0 Å². The van der Waals surface area contributed by atoms with Crippen LogP contribution in [-0.2, 0) is 0 Å². The first-order valence-electron chi connectivity index (χ1n) is 18.9. The second-order valence-corrected chi connectivity index (χ2v) is 12.4. The smallest absolute Gasteiger partial charge is 0.143 e. The minimum absolute atomic E-state index is 0.202. The highest BCUT2D eigenvalue weighted by atomic mass is 16.3. The monoisotopic (exact) mass is 627 g/mol. The Morgan fingerprint density at radius 3 is 1.53 bits per heavy atom. The SMILES string of the molecule is [2H]c1c([2H])c([2H])c(-c2ccc(-c3ccc(-c4c5ccccc5c(-c5cccc6oc7c8ccccc8ccc7c56)c5ccccc45)cc3)cc2)c([2H])c1[2H]. The van der Waals surface area contributed by atoms with Gasteiger partial charge in [0.15, 0.2) is 0 Å². The zero-order valence-electron chi connectivity index (χ0n) is 31.3. The molecule has 10 rings (SSSR count). The standard InChI is InChI=1S/C48H30O/c1-2-11-31(12-3-1)32-21-23-33(24-22-32)34-25-27-36(28-26-34)45-38-15-6-8-17-40(38)46(41-18-9-7-16-39(41)45)42-19-10-20-44-47(42)43-30-29-35-13-4-5-14-37(35)48(43)49-44/h1-30H/i1D,2D,3D,11D,12D. The molecule has 0 aliphatic rings. The molecule has 0 fully saturated rings. The van der Waals surface area contributed by atoms with Crippen LogP contribution in [0.2, 0.25) is 0 Å². The average Bonchev–Trinajstić information content (AvgIpc) is 3.62. The summed E-state index contributed by atoms with van der Waals surface area (Å²) in [6, 6.07) is 51.1. The third-order valence-corrected chi connectivity index (χ3v) is 9.77. The zero-order valence-corrected chi connectivity index (χ0v) is 26.3. The summed E-state index contributed by atoms with van der Waals surface area (Å²) >= 11 is 0. The Hall–Kier alpha value is -6.44. The molecule has 0 unspecified atom stereocenters. The Balaban J connectivity index is 1.11. The quantitative estimate of drug-likeness (QED) is 0.177. The molecule has 1 aromatic heterocycles. The molecule has 1 heteroatoms. The van der Waals surface area contributed by atoms with Crippen molar-refractivity contribution in [1.82, 2.24) is 0 Å². The largest absolute Gasteiger partial charge is 0.455 e. The van der Waals surface area contributed by atoms with Gasteiger partial charge < -0.3 is 4.42 Å². The second-order valence-electron chi connectivity index (χ2n) is 12.4. The first kappa shape index (κ1) is 23.0. The minimum atomic E-state index is -0.390. The predicted octanol–water partition coefficient (Wildman–Crippen LogP) is 13.7. The van der Waals surface area contributed by atoms with Gasteiger partial charge in [-0.25, -0.2) is 0 Å². The molecule has 1 nitrogen and oxygen atoms in total. The highest BCUT2D eigenvalue weighted by Crippen LogP contribution is 2.47. The highest BCUT2D eigenvalue weighted by molar-refractivity contribution is 6.27. The molecule has 1 heterocycles. The van der Waals surface area contributed by atoms with E-state index in [0.29, 0.717) is 5.56 Å². The van der Waals surface area contributed by atoms with Gasteiger partial charge in [-0.15, -0.1) is 0 Å². The highest BCUT2D eigenvalue weighted by Gasteiger charge is 2.20. The Labute approximate surface area is 291 Å². The lowest BCUT2D eigenvalue weighted by atomic mass is 9.84. The van der Waals surface area contributed by atoms with Gasteiger partial charge >= 0.3 is 0 Å². The first-order chi connectivity index (χ1) is 26.4. The van der Waals surface area contributed by atoms with Crippen molar-refractivity contribution >= 4 is 54.3 Å². The summed E-state index contributed by atoms with van der Waals surface area (Å²) < 4.78 is 47.5. The van der Waals surface area contributed by atoms with Crippen molar-refractivity contribution in [2.75, 3.05) is 0 Å². The fourth-order valence-corrected chi connectivity index (χ4v) is 7.54. The van der Waals surface area contributed by atoms with Crippen LogP contribution < -0.4 is 0 Å². The van der Waals surface area contributed by atoms with Crippen molar-refractivity contribution in [3.8, 4) is 44.5 Å². The number of hydrogen-bond donors (Lipinski definition) is 0. The van der Waals surface area contributed by atoms with Crippen molar-refractivity contribution in [1.29, 1.82) is 0 Å². The minimum Gasteiger partial charge on any atom is -0.455 e. The lowest BCUT2D eigenvalue weighted by molar-refractivity contribution is 0.673. The van der Waals surface area contributed by atoms with Crippen molar-refractivity contribution in [3.05, 3.63) is 182 Å². The molecule has 0 radical (unpaired) electrons. The Morgan fingerprint density at radius 2 is 0.898 bits per heavy atom. The van der Waals surface area contributed by atoms with Gasteiger partial charge in [0.1, 0.15) is 11.2 Å². The number of hydrogen-bond acceptors (Lipinski definition) is 1. The van der Waals surface area contributed by atoms with Crippen LogP contribution in [0, 0.1) is 0 Å². The topological polar surface area (TPSA) is 13.1 Å². The molecular formula is C48H30O. The van der Waals surface area contributed by atoms with E-state index in [0.717, 1.165) is 65.7 Å². The van der Waals surface area contributed by atoms with Gasteiger partial charge in [-0.05, 0) is 83.6 Å².